The van der Waals surface area contributed by atoms with Crippen molar-refractivity contribution in [2.75, 3.05) is 0 Å². The minimum absolute atomic E-state index is 0.269. The quantitative estimate of drug-likeness (QED) is 0.415. The molecule has 0 saturated heterocycles. The molecule has 3 N–H and O–H groups in total. The maximum absolute atomic E-state index is 10.2. The summed E-state index contributed by atoms with van der Waals surface area (Å²) in [4.78, 5) is 10.2. The molecule has 0 aliphatic heterocycles. The lowest BCUT2D eigenvalue weighted by atomic mass is 10.5. The molecule has 2 unspecified atom stereocenters. The van der Waals surface area contributed by atoms with Crippen molar-refractivity contribution in [3.05, 3.63) is 0 Å². The molecule has 0 aromatic heterocycles. The first-order chi connectivity index (χ1) is 6.59. The zero-order valence-electron chi connectivity index (χ0n) is 6.86. The number of aliphatic hydroxyl groups excluding tert-OH is 1. The summed E-state index contributed by atoms with van der Waals surface area (Å²) in [7, 11) is 0. The van der Waals surface area contributed by atoms with Crippen LogP contribution >= 0.6 is 69.6 Å². The van der Waals surface area contributed by atoms with E-state index in [1.807, 2.05) is 0 Å². The Morgan fingerprint density at radius 3 is 1.80 bits per heavy atom. The molecule has 0 heterocycles. The van der Waals surface area contributed by atoms with Crippen molar-refractivity contribution in [2.45, 2.75) is 20.0 Å². The van der Waals surface area contributed by atoms with E-state index < -0.39 is 20.0 Å². The normalized spacial score (nSPS) is 17.0. The summed E-state index contributed by atoms with van der Waals surface area (Å²) >= 11 is 32.5. The maximum atomic E-state index is 10.2. The number of aliphatic hydroxyl groups is 1. The fourth-order valence-corrected chi connectivity index (χ4v) is 1.12. The van der Waals surface area contributed by atoms with Crippen LogP contribution in [0.25, 0.3) is 0 Å². The molecular weight excluding hydrogens is 333 g/mol. The van der Waals surface area contributed by atoms with Gasteiger partial charge in [0.25, 0.3) is 0 Å². The average molecular weight is 339 g/mol. The highest BCUT2D eigenvalue weighted by Gasteiger charge is 2.39. The molecule has 0 aromatic rings. The van der Waals surface area contributed by atoms with Gasteiger partial charge in [0.1, 0.15) is 6.17 Å². The van der Waals surface area contributed by atoms with Crippen LogP contribution in [0.4, 0.5) is 0 Å². The van der Waals surface area contributed by atoms with Crippen LogP contribution < -0.4 is 10.6 Å². The Bertz CT molecular complexity index is 215. The van der Waals surface area contributed by atoms with Crippen LogP contribution in [-0.4, -0.2) is 31.5 Å². The first-order valence-corrected chi connectivity index (χ1v) is 5.63. The molecule has 0 aromatic carbocycles. The molecule has 0 spiro atoms. The van der Waals surface area contributed by atoms with Crippen molar-refractivity contribution < 1.29 is 9.90 Å². The number of rotatable bonds is 4. The molecule has 0 aliphatic carbocycles. The largest absolute Gasteiger partial charge is 0.374 e. The van der Waals surface area contributed by atoms with Crippen molar-refractivity contribution in [1.82, 2.24) is 10.6 Å². The number of hydrogen-bond donors (Lipinski definition) is 3. The van der Waals surface area contributed by atoms with Crippen molar-refractivity contribution >= 4 is 76.0 Å². The van der Waals surface area contributed by atoms with E-state index in [2.05, 4.69) is 10.6 Å². The first kappa shape index (κ1) is 16.1. The van der Waals surface area contributed by atoms with Crippen LogP contribution in [0.15, 0.2) is 0 Å². The zero-order chi connectivity index (χ0) is 12.3. The number of carbonyl (C=O) groups excluding carboxylic acids is 1. The Labute approximate surface area is 116 Å². The fourth-order valence-electron chi connectivity index (χ4n) is 0.557. The molecule has 0 aliphatic rings. The predicted molar refractivity (Wildman–Crippen MR) is 62.7 cm³/mol. The standard InChI is InChI=1S/C5H6Cl6N2O2/c6-4(7,8)2(12-1-14)13-3(15)5(9,10)11/h1-3,13,15H,(H,12,14). The summed E-state index contributed by atoms with van der Waals surface area (Å²) in [5.74, 6) is 0. The van der Waals surface area contributed by atoms with E-state index >= 15 is 0 Å². The third-order valence-corrected chi connectivity index (χ3v) is 2.47. The van der Waals surface area contributed by atoms with E-state index in [4.69, 9.17) is 69.6 Å². The zero-order valence-corrected chi connectivity index (χ0v) is 11.4. The fraction of sp³-hybridized carbons (Fsp3) is 0.800. The summed E-state index contributed by atoms with van der Waals surface area (Å²) in [6.45, 7) is 0. The lowest BCUT2D eigenvalue weighted by molar-refractivity contribution is -0.110. The number of halogens is 6. The number of amides is 1. The van der Waals surface area contributed by atoms with Gasteiger partial charge in [-0.15, -0.1) is 0 Å². The molecule has 90 valence electrons. The van der Waals surface area contributed by atoms with Gasteiger partial charge in [0.05, 0.1) is 0 Å². The smallest absolute Gasteiger partial charge is 0.229 e. The second-order valence-electron chi connectivity index (χ2n) is 2.37. The highest BCUT2D eigenvalue weighted by molar-refractivity contribution is 6.68. The van der Waals surface area contributed by atoms with Crippen LogP contribution in [0, 0.1) is 0 Å². The highest BCUT2D eigenvalue weighted by Crippen LogP contribution is 2.33. The Hall–Kier alpha value is 1.13. The third kappa shape index (κ3) is 6.44. The SMILES string of the molecule is O=CNC(NC(O)C(Cl)(Cl)Cl)C(Cl)(Cl)Cl. The molecular formula is C5H6Cl6N2O2. The molecule has 0 saturated carbocycles. The van der Waals surface area contributed by atoms with E-state index in [-0.39, 0.29) is 6.41 Å². The third-order valence-electron chi connectivity index (χ3n) is 1.20. The van der Waals surface area contributed by atoms with E-state index in [0.29, 0.717) is 0 Å². The van der Waals surface area contributed by atoms with Crippen molar-refractivity contribution in [3.63, 3.8) is 0 Å². The molecule has 4 nitrogen and oxygen atoms in total. The minimum atomic E-state index is -2.02. The van der Waals surface area contributed by atoms with Crippen LogP contribution in [0.3, 0.4) is 0 Å². The van der Waals surface area contributed by atoms with Gasteiger partial charge < -0.3 is 10.4 Å². The van der Waals surface area contributed by atoms with Crippen LogP contribution in [0.5, 0.6) is 0 Å². The topological polar surface area (TPSA) is 61.4 Å². The number of alkyl halides is 6. The van der Waals surface area contributed by atoms with Crippen LogP contribution in [0.1, 0.15) is 0 Å². The van der Waals surface area contributed by atoms with E-state index in [0.717, 1.165) is 0 Å². The summed E-state index contributed by atoms with van der Waals surface area (Å²) < 4.78 is -3.92. The molecule has 0 rings (SSSR count). The molecule has 0 radical (unpaired) electrons. The van der Waals surface area contributed by atoms with E-state index in [9.17, 15) is 9.90 Å². The van der Waals surface area contributed by atoms with Crippen LogP contribution in [0.2, 0.25) is 0 Å². The number of carbonyl (C=O) groups is 1. The van der Waals surface area contributed by atoms with E-state index in [1.165, 1.54) is 0 Å². The van der Waals surface area contributed by atoms with Gasteiger partial charge in [-0.1, -0.05) is 69.6 Å². The minimum Gasteiger partial charge on any atom is -0.374 e. The number of nitrogens with one attached hydrogen (secondary N) is 2. The Balaban J connectivity index is 4.49. The van der Waals surface area contributed by atoms with Gasteiger partial charge in [0, 0.05) is 0 Å². The summed E-state index contributed by atoms with van der Waals surface area (Å²) in [6.07, 6.45) is -2.55. The Kier molecular flexibility index (Phi) is 6.63. The second-order valence-corrected chi connectivity index (χ2v) is 7.11. The Morgan fingerprint density at radius 2 is 1.53 bits per heavy atom. The van der Waals surface area contributed by atoms with Crippen LogP contribution in [-0.2, 0) is 4.79 Å². The lowest BCUT2D eigenvalue weighted by Gasteiger charge is -2.29. The monoisotopic (exact) mass is 336 g/mol. The van der Waals surface area contributed by atoms with Gasteiger partial charge >= 0.3 is 0 Å². The van der Waals surface area contributed by atoms with Gasteiger partial charge in [-0.25, -0.2) is 0 Å². The van der Waals surface area contributed by atoms with Gasteiger partial charge in [0.15, 0.2) is 6.23 Å². The molecule has 10 heteroatoms. The lowest BCUT2D eigenvalue weighted by Crippen LogP contribution is -2.57. The highest BCUT2D eigenvalue weighted by atomic mass is 35.6. The van der Waals surface area contributed by atoms with Crippen molar-refractivity contribution in [3.8, 4) is 0 Å². The molecule has 15 heavy (non-hydrogen) atoms. The van der Waals surface area contributed by atoms with E-state index in [1.54, 1.807) is 0 Å². The molecule has 2 atom stereocenters. The number of hydrogen-bond acceptors (Lipinski definition) is 3. The van der Waals surface area contributed by atoms with Gasteiger partial charge in [-0.05, 0) is 0 Å². The van der Waals surface area contributed by atoms with Gasteiger partial charge in [0.2, 0.25) is 14.0 Å². The predicted octanol–water partition coefficient (Wildman–Crippen LogP) is 1.71. The summed E-state index contributed by atoms with van der Waals surface area (Å²) in [6, 6.07) is 0. The second kappa shape index (κ2) is 6.17. The molecule has 0 bridgehead atoms. The average Bonchev–Trinajstić information content (AvgIpc) is 1.99. The molecule has 1 amide bonds. The van der Waals surface area contributed by atoms with Gasteiger partial charge in [-0.2, -0.15) is 0 Å². The summed E-state index contributed by atoms with van der Waals surface area (Å²) in [5, 5.41) is 13.6. The van der Waals surface area contributed by atoms with Gasteiger partial charge in [-0.3, -0.25) is 10.1 Å². The maximum Gasteiger partial charge on any atom is 0.229 e. The molecule has 0 fully saturated rings. The Morgan fingerprint density at radius 1 is 1.07 bits per heavy atom. The summed E-state index contributed by atoms with van der Waals surface area (Å²) in [5.41, 5.74) is 0. The van der Waals surface area contributed by atoms with Crippen molar-refractivity contribution in [2.24, 2.45) is 0 Å². The first-order valence-electron chi connectivity index (χ1n) is 3.36. The van der Waals surface area contributed by atoms with Crippen molar-refractivity contribution in [1.29, 1.82) is 0 Å².